The Balaban J connectivity index is 0.000000116. The molecule has 15 heteroatoms. The summed E-state index contributed by atoms with van der Waals surface area (Å²) in [5.41, 5.74) is 20.7. The van der Waals surface area contributed by atoms with E-state index in [0.29, 0.717) is 25.6 Å². The summed E-state index contributed by atoms with van der Waals surface area (Å²) in [4.78, 5) is 7.22. The van der Waals surface area contributed by atoms with Crippen molar-refractivity contribution in [1.29, 1.82) is 0 Å². The number of rotatable bonds is 16. The van der Waals surface area contributed by atoms with Crippen LogP contribution in [0.15, 0.2) is 273 Å². The van der Waals surface area contributed by atoms with E-state index in [2.05, 4.69) is 229 Å². The minimum Gasteiger partial charge on any atom is -0.497 e. The van der Waals surface area contributed by atoms with Crippen LogP contribution in [0, 0.1) is 24.6 Å². The van der Waals surface area contributed by atoms with Crippen LogP contribution in [0.25, 0.3) is 72.8 Å². The van der Waals surface area contributed by atoms with E-state index in [9.17, 15) is 19.7 Å². The standard InChI is InChI=1S/C45H43NO3.C39H36O5.C33H31FN2O3/c1-48-35-17-19-36-39(26-35)43-38(42-41(36)37-18-11-30(28-47)25-40(37)44(42)27-29-10-12-33(44)24-29)20-21-45(49-43,31-8-4-2-5-9-31)32-13-15-34(16-14-32)46-22-6-3-7-23-46;1-5-19-38(41)34-22-25(23-40)7-17-31(34)35-30-16-6-24(2)21-33(30)37-32(36(35)38)18-20-39(44-37,26-8-12-28(42-3)13-9-26)27-10-14-29(43-4)15-11-27;34-26-5-3-4-25(22-26)33(24-8-10-27(11-9-24)35-14-18-37-19-15-35)13-12-30-28-6-1-2-7-29(28)31(23-32(30)39-33)36-16-20-38-21-17-36/h2,4-5,8-9,11,13-21,25-26,29,33,47H,3,6-7,10,12,22-24,27-28H2,1H3;6-18,20-22,40-41H,5,19,23H2,1-4H3;1-13,22-23H,14-21H2. The number of anilines is 3. The lowest BCUT2D eigenvalue weighted by Gasteiger charge is -2.41. The number of hydrogen-bond donors (Lipinski definition) is 3. The Morgan fingerprint density at radius 2 is 0.924 bits per heavy atom. The van der Waals surface area contributed by atoms with Crippen molar-refractivity contribution in [1.82, 2.24) is 0 Å². The van der Waals surface area contributed by atoms with E-state index >= 15 is 0 Å². The maximum atomic E-state index is 14.6. The fourth-order valence-electron chi connectivity index (χ4n) is 23.8. The van der Waals surface area contributed by atoms with E-state index in [0.717, 1.165) is 222 Å². The number of fused-ring (bicyclic) bond motifs is 24. The Morgan fingerprint density at radius 1 is 0.424 bits per heavy atom. The molecule has 14 nitrogen and oxygen atoms in total. The van der Waals surface area contributed by atoms with Gasteiger partial charge in [0.25, 0.3) is 0 Å². The average Bonchev–Trinajstić information content (AvgIpc) is 1.51. The van der Waals surface area contributed by atoms with Gasteiger partial charge < -0.3 is 67.9 Å². The van der Waals surface area contributed by atoms with Crippen LogP contribution >= 0.6 is 0 Å². The van der Waals surface area contributed by atoms with Gasteiger partial charge in [0.1, 0.15) is 45.9 Å². The van der Waals surface area contributed by atoms with Crippen LogP contribution < -0.4 is 43.1 Å². The van der Waals surface area contributed by atoms with Gasteiger partial charge in [0, 0.05) is 140 Å². The van der Waals surface area contributed by atoms with Crippen LogP contribution in [-0.2, 0) is 50.5 Å². The molecule has 14 aromatic carbocycles. The molecule has 6 unspecified atom stereocenters. The highest BCUT2D eigenvalue weighted by molar-refractivity contribution is 6.11. The van der Waals surface area contributed by atoms with E-state index in [1.165, 1.54) is 88.9 Å². The summed E-state index contributed by atoms with van der Waals surface area (Å²) in [6.45, 7) is 12.7. The number of nitrogens with zero attached hydrogens (tertiary/aromatic N) is 3. The molecule has 6 aliphatic heterocycles. The fraction of sp³-hybridized carbons (Fsp3) is 0.282. The second-order valence-corrected chi connectivity index (χ2v) is 37.2. The Bertz CT molecular complexity index is 6830. The number of halogens is 1. The smallest absolute Gasteiger partial charge is 0.178 e. The molecule has 1 spiro atoms. The molecule has 24 rings (SSSR count). The summed E-state index contributed by atoms with van der Waals surface area (Å²) in [5.74, 6) is 5.86. The quantitative estimate of drug-likeness (QED) is 0.0844. The van der Waals surface area contributed by atoms with Crippen LogP contribution in [0.3, 0.4) is 0 Å². The number of piperidine rings is 1. The molecule has 132 heavy (non-hydrogen) atoms. The predicted octanol–water partition coefficient (Wildman–Crippen LogP) is 23.8. The maximum absolute atomic E-state index is 14.6. The lowest BCUT2D eigenvalue weighted by atomic mass is 9.65. The Labute approximate surface area is 771 Å². The van der Waals surface area contributed by atoms with Gasteiger partial charge in [-0.2, -0.15) is 0 Å². The van der Waals surface area contributed by atoms with Gasteiger partial charge >= 0.3 is 0 Å². The zero-order valence-corrected chi connectivity index (χ0v) is 75.5. The predicted molar refractivity (Wildman–Crippen MR) is 525 cm³/mol. The third-order valence-corrected chi connectivity index (χ3v) is 30.1. The molecule has 2 bridgehead atoms. The average molecular weight is 1750 g/mol. The largest absolute Gasteiger partial charge is 0.497 e. The minimum absolute atomic E-state index is 0.0585. The highest BCUT2D eigenvalue weighted by atomic mass is 19.1. The fourth-order valence-corrected chi connectivity index (χ4v) is 23.8. The Hall–Kier alpha value is -13.0. The van der Waals surface area contributed by atoms with Crippen molar-refractivity contribution < 1.29 is 57.6 Å². The van der Waals surface area contributed by atoms with E-state index in [-0.39, 0.29) is 24.4 Å². The monoisotopic (exact) mass is 1750 g/mol. The Kier molecular flexibility index (Phi) is 22.0. The van der Waals surface area contributed by atoms with Gasteiger partial charge in [-0.1, -0.05) is 195 Å². The Morgan fingerprint density at radius 3 is 1.49 bits per heavy atom. The van der Waals surface area contributed by atoms with Crippen LogP contribution in [-0.4, -0.2) is 102 Å². The molecule has 0 amide bonds. The molecule has 3 saturated heterocycles. The number of methoxy groups -OCH3 is 3. The number of morpholine rings is 2. The normalized spacial score (nSPS) is 21.8. The van der Waals surface area contributed by atoms with Crippen molar-refractivity contribution in [3.63, 3.8) is 0 Å². The molecule has 14 aromatic rings. The van der Waals surface area contributed by atoms with Crippen molar-refractivity contribution in [2.45, 2.75) is 113 Å². The molecule has 10 aliphatic rings. The van der Waals surface area contributed by atoms with E-state index in [1.54, 1.807) is 33.5 Å². The summed E-state index contributed by atoms with van der Waals surface area (Å²) in [7, 11) is 5.07. The molecular formula is C117H110FN3O11. The van der Waals surface area contributed by atoms with Crippen molar-refractivity contribution in [2.75, 3.05) is 102 Å². The zero-order chi connectivity index (χ0) is 89.6. The number of hydrogen-bond acceptors (Lipinski definition) is 14. The van der Waals surface area contributed by atoms with Crippen LogP contribution in [0.2, 0.25) is 0 Å². The van der Waals surface area contributed by atoms with Gasteiger partial charge in [0.05, 0.1) is 61.0 Å². The van der Waals surface area contributed by atoms with Crippen LogP contribution in [0.1, 0.15) is 154 Å². The van der Waals surface area contributed by atoms with Gasteiger partial charge in [-0.15, -0.1) is 0 Å². The second-order valence-electron chi connectivity index (χ2n) is 37.2. The SMILES string of the molecule is CCCC1(O)c2cc(CO)ccc2-c2c1c1c(c3cc(C)ccc23)OC(c2ccc(OC)cc2)(c2ccc(OC)cc2)C=C1.COc1ccc2c3c(c4c(c2c1)OC(c1ccccc1)(c1ccc(N2CCCCC2)cc1)C=C4)C1(CC2CCC1C2)c1cc(CO)ccc1-3.Fc1cccc(C2(c3ccc(N4CCOCC4)cc3)C=Cc3c(cc(N4CCOCC4)c4ccccc34)O2)c1. The lowest BCUT2D eigenvalue weighted by Crippen LogP contribution is -2.37. The first-order valence-electron chi connectivity index (χ1n) is 47.1. The van der Waals surface area contributed by atoms with Gasteiger partial charge in [0.15, 0.2) is 16.8 Å². The third kappa shape index (κ3) is 14.0. The number of aliphatic hydroxyl groups excluding tert-OH is 2. The summed E-state index contributed by atoms with van der Waals surface area (Å²) in [6, 6.07) is 87.4. The van der Waals surface area contributed by atoms with Crippen molar-refractivity contribution in [3.8, 4) is 56.8 Å². The van der Waals surface area contributed by atoms with Crippen molar-refractivity contribution in [2.24, 2.45) is 11.8 Å². The highest BCUT2D eigenvalue weighted by Crippen LogP contribution is 2.70. The van der Waals surface area contributed by atoms with Gasteiger partial charge in [-0.05, 0) is 245 Å². The highest BCUT2D eigenvalue weighted by Gasteiger charge is 2.59. The zero-order valence-electron chi connectivity index (χ0n) is 75.5. The molecule has 6 atom stereocenters. The molecule has 666 valence electrons. The maximum Gasteiger partial charge on any atom is 0.178 e. The molecule has 2 saturated carbocycles. The van der Waals surface area contributed by atoms with Gasteiger partial charge in [-0.25, -0.2) is 4.39 Å². The van der Waals surface area contributed by atoms with E-state index < -0.39 is 22.4 Å². The first-order valence-corrected chi connectivity index (χ1v) is 47.1. The summed E-state index contributed by atoms with van der Waals surface area (Å²) in [5, 5.41) is 39.6. The van der Waals surface area contributed by atoms with Gasteiger partial charge in [-0.3, -0.25) is 0 Å². The first kappa shape index (κ1) is 84.5. The molecule has 6 heterocycles. The summed E-state index contributed by atoms with van der Waals surface area (Å²) >= 11 is 0. The molecule has 0 aromatic heterocycles. The minimum atomic E-state index is -1.23. The molecular weight excluding hydrogens is 1640 g/mol. The van der Waals surface area contributed by atoms with Crippen molar-refractivity contribution >= 4 is 67.6 Å². The number of ether oxygens (including phenoxy) is 8. The topological polar surface area (TPSA) is 144 Å². The lowest BCUT2D eigenvalue weighted by molar-refractivity contribution is 0.0736. The molecule has 4 aliphatic carbocycles. The van der Waals surface area contributed by atoms with Gasteiger partial charge in [0.2, 0.25) is 0 Å². The van der Waals surface area contributed by atoms with Crippen LogP contribution in [0.5, 0.6) is 34.5 Å². The van der Waals surface area contributed by atoms with E-state index in [4.69, 9.17) is 37.9 Å². The molecule has 3 N–H and O–H groups in total. The number of aryl methyl sites for hydroxylation is 1. The second kappa shape index (κ2) is 34.3. The first-order chi connectivity index (χ1) is 64.7. The van der Waals surface area contributed by atoms with Crippen molar-refractivity contribution in [3.05, 3.63) is 368 Å². The summed E-state index contributed by atoms with van der Waals surface area (Å²) < 4.78 is 64.6. The number of aliphatic hydroxyl groups is 3. The van der Waals surface area contributed by atoms with Crippen LogP contribution in [0.4, 0.5) is 21.5 Å². The van der Waals surface area contributed by atoms with E-state index in [1.807, 2.05) is 72.8 Å². The number of benzene rings is 14. The molecule has 0 radical (unpaired) electrons. The summed E-state index contributed by atoms with van der Waals surface area (Å²) in [6.07, 6.45) is 23.4. The third-order valence-electron chi connectivity index (χ3n) is 30.1. The molecule has 5 fully saturated rings.